The molecule has 1 N–H and O–H groups in total. The van der Waals surface area contributed by atoms with Gasteiger partial charge in [-0.25, -0.2) is 22.0 Å². The number of alkyl halides is 1. The van der Waals surface area contributed by atoms with E-state index in [9.17, 15) is 22.4 Å². The van der Waals surface area contributed by atoms with Crippen molar-refractivity contribution in [1.82, 2.24) is 20.0 Å². The van der Waals surface area contributed by atoms with Crippen molar-refractivity contribution < 1.29 is 31.5 Å². The third-order valence-electron chi connectivity index (χ3n) is 13.1. The smallest absolute Gasteiger partial charge is 0.407 e. The molecule has 0 spiro atoms. The molecule has 54 heavy (non-hydrogen) atoms. The van der Waals surface area contributed by atoms with Crippen LogP contribution in [0.1, 0.15) is 56.9 Å². The SMILES string of the molecule is C=CC(=O)N1CCC[C@H](S(=O)(=O)c2ccc(N3CC(F)(CN4CCC([C@@](CN5CCC5)(c5cccc(F)c5)[C@H]5CCC[C@@H]5NC(=O)OC)CC4)C3)cc2)C1. The van der Waals surface area contributed by atoms with Crippen molar-refractivity contribution in [3.8, 4) is 0 Å². The summed E-state index contributed by atoms with van der Waals surface area (Å²) in [5.41, 5.74) is 0.0104. The first-order valence-electron chi connectivity index (χ1n) is 19.7. The normalized spacial score (nSPS) is 26.3. The van der Waals surface area contributed by atoms with E-state index in [4.69, 9.17) is 4.74 Å². The maximum absolute atomic E-state index is 16.3. The van der Waals surface area contributed by atoms with Crippen molar-refractivity contribution in [2.75, 3.05) is 77.5 Å². The van der Waals surface area contributed by atoms with E-state index in [-0.39, 0.29) is 59.5 Å². The van der Waals surface area contributed by atoms with Crippen molar-refractivity contribution in [3.05, 3.63) is 72.6 Å². The summed E-state index contributed by atoms with van der Waals surface area (Å²) in [5, 5.41) is 2.47. The zero-order valence-electron chi connectivity index (χ0n) is 31.4. The lowest BCUT2D eigenvalue weighted by Crippen LogP contribution is -2.65. The van der Waals surface area contributed by atoms with E-state index in [0.29, 0.717) is 25.9 Å². The van der Waals surface area contributed by atoms with E-state index in [1.807, 2.05) is 11.0 Å². The van der Waals surface area contributed by atoms with Gasteiger partial charge in [-0.15, -0.1) is 0 Å². The summed E-state index contributed by atoms with van der Waals surface area (Å²) in [6.45, 7) is 9.27. The fraction of sp³-hybridized carbons (Fsp3) is 0.610. The Bertz CT molecular complexity index is 1780. The monoisotopic (exact) mass is 767 g/mol. The van der Waals surface area contributed by atoms with Gasteiger partial charge in [0.1, 0.15) is 5.82 Å². The number of ether oxygens (including phenoxy) is 1. The van der Waals surface area contributed by atoms with E-state index in [1.165, 1.54) is 19.3 Å². The van der Waals surface area contributed by atoms with Crippen molar-refractivity contribution in [2.24, 2.45) is 11.8 Å². The third kappa shape index (κ3) is 7.77. The van der Waals surface area contributed by atoms with Gasteiger partial charge < -0.3 is 24.8 Å². The van der Waals surface area contributed by atoms with Crippen LogP contribution in [0.2, 0.25) is 0 Å². The molecule has 294 valence electrons. The second-order valence-electron chi connectivity index (χ2n) is 16.3. The fourth-order valence-electron chi connectivity index (χ4n) is 10.2. The molecule has 2 aromatic carbocycles. The Labute approximate surface area is 318 Å². The van der Waals surface area contributed by atoms with Gasteiger partial charge in [-0.1, -0.05) is 25.1 Å². The zero-order chi connectivity index (χ0) is 38.1. The van der Waals surface area contributed by atoms with Gasteiger partial charge >= 0.3 is 6.09 Å². The molecule has 0 aromatic heterocycles. The number of sulfone groups is 1. The van der Waals surface area contributed by atoms with Crippen LogP contribution in [0.3, 0.4) is 0 Å². The molecule has 10 nitrogen and oxygen atoms in total. The Balaban J connectivity index is 1.00. The van der Waals surface area contributed by atoms with Gasteiger partial charge in [0.05, 0.1) is 30.3 Å². The highest BCUT2D eigenvalue weighted by atomic mass is 32.2. The lowest BCUT2D eigenvalue weighted by atomic mass is 9.57. The van der Waals surface area contributed by atoms with E-state index in [2.05, 4.69) is 27.8 Å². The van der Waals surface area contributed by atoms with Gasteiger partial charge in [-0.05, 0) is 131 Å². The van der Waals surface area contributed by atoms with Gasteiger partial charge in [-0.2, -0.15) is 0 Å². The molecule has 4 heterocycles. The van der Waals surface area contributed by atoms with Crippen LogP contribution in [0.5, 0.6) is 0 Å². The van der Waals surface area contributed by atoms with E-state index < -0.39 is 26.8 Å². The van der Waals surface area contributed by atoms with Crippen LogP contribution in [0.15, 0.2) is 66.1 Å². The minimum atomic E-state index is -3.64. The molecule has 4 saturated heterocycles. The average molecular weight is 768 g/mol. The van der Waals surface area contributed by atoms with Crippen LogP contribution in [0, 0.1) is 17.7 Å². The highest BCUT2D eigenvalue weighted by Gasteiger charge is 2.54. The first-order chi connectivity index (χ1) is 25.9. The van der Waals surface area contributed by atoms with Gasteiger partial charge in [0.15, 0.2) is 15.5 Å². The maximum atomic E-state index is 16.3. The first-order valence-corrected chi connectivity index (χ1v) is 21.2. The lowest BCUT2D eigenvalue weighted by molar-refractivity contribution is -0.126. The largest absolute Gasteiger partial charge is 0.453 e. The quantitative estimate of drug-likeness (QED) is 0.295. The number of likely N-dealkylation sites (tertiary alicyclic amines) is 3. The predicted octanol–water partition coefficient (Wildman–Crippen LogP) is 5.19. The van der Waals surface area contributed by atoms with Crippen LogP contribution in [-0.2, 0) is 24.8 Å². The Morgan fingerprint density at radius 1 is 0.963 bits per heavy atom. The Morgan fingerprint density at radius 2 is 1.70 bits per heavy atom. The number of hydrogen-bond donors (Lipinski definition) is 1. The average Bonchev–Trinajstić information content (AvgIpc) is 3.62. The van der Waals surface area contributed by atoms with Crippen molar-refractivity contribution in [2.45, 2.75) is 78.6 Å². The summed E-state index contributed by atoms with van der Waals surface area (Å²) in [6.07, 6.45) is 7.51. The molecule has 1 saturated carbocycles. The third-order valence-corrected chi connectivity index (χ3v) is 15.3. The number of benzene rings is 2. The Kier molecular flexibility index (Phi) is 11.4. The summed E-state index contributed by atoms with van der Waals surface area (Å²) in [6, 6.07) is 13.7. The van der Waals surface area contributed by atoms with Crippen molar-refractivity contribution in [1.29, 1.82) is 0 Å². The minimum absolute atomic E-state index is 0.0742. The molecule has 0 bridgehead atoms. The number of piperidine rings is 2. The summed E-state index contributed by atoms with van der Waals surface area (Å²) in [5.74, 6) is -0.170. The predicted molar refractivity (Wildman–Crippen MR) is 204 cm³/mol. The molecular formula is C41H55F2N5O5S. The number of hydrogen-bond acceptors (Lipinski definition) is 8. The van der Waals surface area contributed by atoms with Crippen LogP contribution >= 0.6 is 0 Å². The molecule has 0 radical (unpaired) electrons. The summed E-state index contributed by atoms with van der Waals surface area (Å²) in [7, 11) is -2.25. The maximum Gasteiger partial charge on any atom is 0.407 e. The lowest BCUT2D eigenvalue weighted by Gasteiger charge is -2.54. The molecule has 5 aliphatic rings. The molecule has 7 rings (SSSR count). The molecule has 2 amide bonds. The number of nitrogens with zero attached hydrogens (tertiary/aromatic N) is 4. The number of alkyl carbamates (subject to hydrolysis) is 1. The van der Waals surface area contributed by atoms with E-state index in [0.717, 1.165) is 82.5 Å². The Morgan fingerprint density at radius 3 is 2.35 bits per heavy atom. The number of rotatable bonds is 12. The molecule has 13 heteroatoms. The van der Waals surface area contributed by atoms with Crippen molar-refractivity contribution in [3.63, 3.8) is 0 Å². The highest BCUT2D eigenvalue weighted by molar-refractivity contribution is 7.92. The van der Waals surface area contributed by atoms with E-state index in [1.54, 1.807) is 35.2 Å². The molecule has 5 fully saturated rings. The number of halogens is 2. The Hall–Kier alpha value is -3.55. The van der Waals surface area contributed by atoms with Crippen LogP contribution in [-0.4, -0.2) is 125 Å². The van der Waals surface area contributed by atoms with Gasteiger partial charge in [0.2, 0.25) is 5.91 Å². The van der Waals surface area contributed by atoms with Crippen LogP contribution in [0.25, 0.3) is 0 Å². The summed E-state index contributed by atoms with van der Waals surface area (Å²) >= 11 is 0. The number of carbonyl (C=O) groups is 2. The molecule has 1 aliphatic carbocycles. The molecule has 4 aliphatic heterocycles. The van der Waals surface area contributed by atoms with Crippen LogP contribution < -0.4 is 10.2 Å². The highest BCUT2D eigenvalue weighted by Crippen LogP contribution is 2.51. The van der Waals surface area contributed by atoms with E-state index >= 15 is 4.39 Å². The number of methoxy groups -OCH3 is 1. The zero-order valence-corrected chi connectivity index (χ0v) is 32.3. The van der Waals surface area contributed by atoms with Crippen molar-refractivity contribution >= 4 is 27.5 Å². The number of carbonyl (C=O) groups excluding carboxylic acids is 2. The number of nitrogens with one attached hydrogen (secondary N) is 1. The summed E-state index contributed by atoms with van der Waals surface area (Å²) < 4.78 is 63.2. The topological polar surface area (TPSA) is 103 Å². The number of amides is 2. The van der Waals surface area contributed by atoms with Gasteiger partial charge in [0.25, 0.3) is 0 Å². The van der Waals surface area contributed by atoms with Crippen LogP contribution in [0.4, 0.5) is 19.3 Å². The molecule has 4 atom stereocenters. The molecule has 2 aromatic rings. The summed E-state index contributed by atoms with van der Waals surface area (Å²) in [4.78, 5) is 33.0. The molecule has 0 unspecified atom stereocenters. The van der Waals surface area contributed by atoms with Gasteiger partial charge in [0, 0.05) is 43.3 Å². The standard InChI is InChI=1S/C41H55F2N5O5S/c1-3-38(49)47-21-6-10-35(25-47)54(51,52)34-15-13-33(14-16-34)48-27-40(43,28-48)26-46-22-17-30(18-23-46)41(29-45-19-7-20-45,31-8-4-9-32(42)24-31)36-11-5-12-37(36)44-39(50)53-2/h3-4,8-9,13-16,24,30,35-37H,1,5-7,10-12,17-23,25-29H2,2H3,(H,44,50)/t35-,36-,37-,41-/m0/s1. The number of anilines is 1. The molecular weight excluding hydrogens is 713 g/mol. The van der Waals surface area contributed by atoms with Gasteiger partial charge in [-0.3, -0.25) is 9.69 Å². The minimum Gasteiger partial charge on any atom is -0.453 e. The second kappa shape index (κ2) is 15.9. The second-order valence-corrected chi connectivity index (χ2v) is 18.5. The first kappa shape index (κ1) is 38.7. The fourth-order valence-corrected chi connectivity index (χ4v) is 12.0.